The van der Waals surface area contributed by atoms with Gasteiger partial charge in [0, 0.05) is 33.5 Å². The van der Waals surface area contributed by atoms with E-state index in [-0.39, 0.29) is 0 Å². The van der Waals surface area contributed by atoms with Crippen LogP contribution in [0.5, 0.6) is 0 Å². The van der Waals surface area contributed by atoms with E-state index >= 15 is 0 Å². The van der Waals surface area contributed by atoms with Gasteiger partial charge in [-0.3, -0.25) is 0 Å². The fraction of sp³-hybridized carbons (Fsp3) is 0.0149. The number of anilines is 3. The number of aromatic nitrogens is 1. The van der Waals surface area contributed by atoms with Crippen molar-refractivity contribution in [2.45, 2.75) is 5.41 Å². The summed E-state index contributed by atoms with van der Waals surface area (Å²) in [6, 6.07) is 102. The number of fused-ring (bicyclic) bond motifs is 6. The maximum Gasteiger partial charge on any atom is 0.0713 e. The van der Waals surface area contributed by atoms with E-state index in [1.165, 1.54) is 88.6 Å². The predicted octanol–water partition coefficient (Wildman–Crippen LogP) is 17.6. The molecule has 0 N–H and O–H groups in total. The van der Waals surface area contributed by atoms with Crippen molar-refractivity contribution in [3.8, 4) is 50.2 Å². The van der Waals surface area contributed by atoms with Crippen LogP contribution in [0.4, 0.5) is 17.1 Å². The van der Waals surface area contributed by atoms with Gasteiger partial charge >= 0.3 is 0 Å². The molecule has 0 spiro atoms. The molecule has 0 saturated carbocycles. The second-order valence-electron chi connectivity index (χ2n) is 18.0. The molecule has 69 heavy (non-hydrogen) atoms. The summed E-state index contributed by atoms with van der Waals surface area (Å²) in [6.45, 7) is 0. The summed E-state index contributed by atoms with van der Waals surface area (Å²) >= 11 is 0. The second-order valence-corrected chi connectivity index (χ2v) is 18.0. The first-order valence-electron chi connectivity index (χ1n) is 23.8. The first-order valence-corrected chi connectivity index (χ1v) is 23.8. The number of rotatable bonds is 9. The predicted molar refractivity (Wildman–Crippen MR) is 289 cm³/mol. The SMILES string of the molecule is c1ccc(-c2cccc(-c3ccc(N(c4ccc(-c5ccc(-n6c7ccccc7c7ccccc76)cc5)cc4)c4ccc(C5(c6ccccc6)c6ccccc6-c6ccccc65)cc4)cc3)c2)cc1. The molecule has 13 rings (SSSR count). The minimum absolute atomic E-state index is 0.466. The maximum absolute atomic E-state index is 2.38. The summed E-state index contributed by atoms with van der Waals surface area (Å²) in [4.78, 5) is 2.38. The van der Waals surface area contributed by atoms with Crippen LogP contribution in [0.3, 0.4) is 0 Å². The van der Waals surface area contributed by atoms with Crippen molar-refractivity contribution in [2.24, 2.45) is 0 Å². The summed E-state index contributed by atoms with van der Waals surface area (Å²) in [7, 11) is 0. The van der Waals surface area contributed by atoms with Crippen LogP contribution < -0.4 is 4.90 Å². The standard InChI is InChI=1S/C67H46N2/c1-3-16-47(17-4-1)51-18-15-19-52(46-51)50-34-40-56(41-35-50)68(55-38-30-48(31-39-55)49-32-42-58(43-33-49)69-65-28-13-9-24-61(65)62-25-10-14-29-66(62)69)57-44-36-54(37-45-57)67(53-20-5-2-6-21-53)63-26-11-7-22-59(63)60-23-8-12-27-64(60)67/h1-46H. The fourth-order valence-electron chi connectivity index (χ4n) is 11.1. The lowest BCUT2D eigenvalue weighted by atomic mass is 9.68. The fourth-order valence-corrected chi connectivity index (χ4v) is 11.1. The smallest absolute Gasteiger partial charge is 0.0713 e. The van der Waals surface area contributed by atoms with Gasteiger partial charge in [-0.1, -0.05) is 212 Å². The van der Waals surface area contributed by atoms with Gasteiger partial charge in [0.2, 0.25) is 0 Å². The average molecular weight is 879 g/mol. The molecule has 2 nitrogen and oxygen atoms in total. The van der Waals surface area contributed by atoms with Crippen LogP contribution in [0.1, 0.15) is 22.3 Å². The van der Waals surface area contributed by atoms with Gasteiger partial charge < -0.3 is 9.47 Å². The third-order valence-corrected chi connectivity index (χ3v) is 14.3. The normalized spacial score (nSPS) is 12.5. The van der Waals surface area contributed by atoms with E-state index in [1.807, 2.05) is 0 Å². The molecular weight excluding hydrogens is 833 g/mol. The first-order chi connectivity index (χ1) is 34.2. The number of benzene rings is 11. The van der Waals surface area contributed by atoms with E-state index in [1.54, 1.807) is 0 Å². The van der Waals surface area contributed by atoms with Crippen LogP contribution in [-0.4, -0.2) is 4.57 Å². The quantitative estimate of drug-likeness (QED) is 0.140. The third-order valence-electron chi connectivity index (χ3n) is 14.3. The molecule has 1 heterocycles. The topological polar surface area (TPSA) is 8.17 Å². The Hall–Kier alpha value is -8.98. The molecule has 0 unspecified atom stereocenters. The van der Waals surface area contributed by atoms with Gasteiger partial charge in [0.05, 0.1) is 16.4 Å². The highest BCUT2D eigenvalue weighted by molar-refractivity contribution is 6.09. The van der Waals surface area contributed by atoms with Gasteiger partial charge in [-0.05, 0) is 133 Å². The van der Waals surface area contributed by atoms with Gasteiger partial charge in [0.25, 0.3) is 0 Å². The molecule has 1 aliphatic carbocycles. The first kappa shape index (κ1) is 40.3. The summed E-state index contributed by atoms with van der Waals surface area (Å²) < 4.78 is 2.37. The van der Waals surface area contributed by atoms with Crippen molar-refractivity contribution in [2.75, 3.05) is 4.90 Å². The molecule has 324 valence electrons. The van der Waals surface area contributed by atoms with Crippen molar-refractivity contribution in [1.82, 2.24) is 4.57 Å². The molecule has 0 radical (unpaired) electrons. The molecular formula is C67H46N2. The van der Waals surface area contributed by atoms with Crippen LogP contribution >= 0.6 is 0 Å². The molecule has 0 atom stereocenters. The number of hydrogen-bond acceptors (Lipinski definition) is 1. The van der Waals surface area contributed by atoms with Crippen molar-refractivity contribution >= 4 is 38.9 Å². The molecule has 0 aliphatic heterocycles. The van der Waals surface area contributed by atoms with Crippen LogP contribution in [0.2, 0.25) is 0 Å². The highest BCUT2D eigenvalue weighted by atomic mass is 15.1. The number of para-hydroxylation sites is 2. The Morgan fingerprint density at radius 2 is 0.652 bits per heavy atom. The zero-order valence-electron chi connectivity index (χ0n) is 38.0. The van der Waals surface area contributed by atoms with E-state index in [4.69, 9.17) is 0 Å². The van der Waals surface area contributed by atoms with Crippen LogP contribution in [0.15, 0.2) is 279 Å². The zero-order chi connectivity index (χ0) is 45.7. The Bertz CT molecular complexity index is 3690. The minimum Gasteiger partial charge on any atom is -0.311 e. The van der Waals surface area contributed by atoms with Gasteiger partial charge in [0.1, 0.15) is 0 Å². The van der Waals surface area contributed by atoms with Gasteiger partial charge in [-0.2, -0.15) is 0 Å². The van der Waals surface area contributed by atoms with E-state index in [9.17, 15) is 0 Å². The molecule has 11 aromatic carbocycles. The Kier molecular flexibility index (Phi) is 9.77. The van der Waals surface area contributed by atoms with Gasteiger partial charge in [0.15, 0.2) is 0 Å². The van der Waals surface area contributed by atoms with Crippen molar-refractivity contribution in [1.29, 1.82) is 0 Å². The Balaban J connectivity index is 0.892. The van der Waals surface area contributed by atoms with E-state index in [0.29, 0.717) is 0 Å². The zero-order valence-corrected chi connectivity index (χ0v) is 38.0. The van der Waals surface area contributed by atoms with Crippen LogP contribution in [0, 0.1) is 0 Å². The molecule has 0 saturated heterocycles. The van der Waals surface area contributed by atoms with E-state index in [0.717, 1.165) is 22.7 Å². The van der Waals surface area contributed by atoms with Gasteiger partial charge in [-0.15, -0.1) is 0 Å². The molecule has 0 bridgehead atoms. The summed E-state index contributed by atoms with van der Waals surface area (Å²) in [5, 5.41) is 2.53. The number of nitrogens with zero attached hydrogens (tertiary/aromatic N) is 2. The Morgan fingerprint density at radius 3 is 1.19 bits per heavy atom. The third kappa shape index (κ3) is 6.72. The van der Waals surface area contributed by atoms with Crippen molar-refractivity contribution in [3.63, 3.8) is 0 Å². The number of hydrogen-bond donors (Lipinski definition) is 0. The van der Waals surface area contributed by atoms with Gasteiger partial charge in [-0.25, -0.2) is 0 Å². The summed E-state index contributed by atoms with van der Waals surface area (Å²) in [5.74, 6) is 0. The molecule has 0 amide bonds. The summed E-state index contributed by atoms with van der Waals surface area (Å²) in [5.41, 5.74) is 21.2. The maximum atomic E-state index is 2.38. The van der Waals surface area contributed by atoms with E-state index in [2.05, 4.69) is 289 Å². The lowest BCUT2D eigenvalue weighted by molar-refractivity contribution is 0.768. The van der Waals surface area contributed by atoms with E-state index < -0.39 is 5.41 Å². The van der Waals surface area contributed by atoms with Crippen LogP contribution in [0.25, 0.3) is 72.0 Å². The highest BCUT2D eigenvalue weighted by Crippen LogP contribution is 2.56. The molecule has 12 aromatic rings. The van der Waals surface area contributed by atoms with Crippen LogP contribution in [-0.2, 0) is 5.41 Å². The highest BCUT2D eigenvalue weighted by Gasteiger charge is 2.45. The largest absolute Gasteiger partial charge is 0.311 e. The second kappa shape index (κ2) is 16.7. The molecule has 1 aliphatic rings. The Labute approximate surface area is 403 Å². The van der Waals surface area contributed by atoms with Crippen molar-refractivity contribution in [3.05, 3.63) is 301 Å². The molecule has 0 fully saturated rings. The average Bonchev–Trinajstić information content (AvgIpc) is 3.93. The minimum atomic E-state index is -0.466. The Morgan fingerprint density at radius 1 is 0.275 bits per heavy atom. The van der Waals surface area contributed by atoms with Crippen molar-refractivity contribution < 1.29 is 0 Å². The monoisotopic (exact) mass is 878 g/mol. The lowest BCUT2D eigenvalue weighted by Crippen LogP contribution is -2.28. The lowest BCUT2D eigenvalue weighted by Gasteiger charge is -2.34. The molecule has 2 heteroatoms. The molecule has 1 aromatic heterocycles. The summed E-state index contributed by atoms with van der Waals surface area (Å²) in [6.07, 6.45) is 0.